The van der Waals surface area contributed by atoms with Crippen molar-refractivity contribution < 1.29 is 14.3 Å². The number of nitrogens with one attached hydrogen (secondary N) is 2. The van der Waals surface area contributed by atoms with E-state index >= 15 is 0 Å². The lowest BCUT2D eigenvalue weighted by atomic mass is 10.0. The second kappa shape index (κ2) is 13.0. The molecule has 0 saturated heterocycles. The van der Waals surface area contributed by atoms with E-state index in [1.807, 2.05) is 44.2 Å². The van der Waals surface area contributed by atoms with E-state index < -0.39 is 11.9 Å². The minimum Gasteiger partial charge on any atom is -0.494 e. The van der Waals surface area contributed by atoms with E-state index in [4.69, 9.17) is 16.3 Å². The van der Waals surface area contributed by atoms with E-state index in [0.717, 1.165) is 17.7 Å². The topological polar surface area (TPSA) is 93.2 Å². The Morgan fingerprint density at radius 3 is 2.50 bits per heavy atom. The van der Waals surface area contributed by atoms with Gasteiger partial charge in [-0.2, -0.15) is 0 Å². The zero-order chi connectivity index (χ0) is 24.3. The summed E-state index contributed by atoms with van der Waals surface area (Å²) in [6.07, 6.45) is 2.66. The van der Waals surface area contributed by atoms with Crippen LogP contribution in [0.2, 0.25) is 5.02 Å². The monoisotopic (exact) mass is 498 g/mol. The minimum atomic E-state index is -0.848. The van der Waals surface area contributed by atoms with Crippen molar-refractivity contribution in [2.45, 2.75) is 37.9 Å². The largest absolute Gasteiger partial charge is 0.494 e. The molecule has 0 aliphatic rings. The van der Waals surface area contributed by atoms with Crippen LogP contribution in [0.3, 0.4) is 0 Å². The molecule has 0 aliphatic heterocycles. The van der Waals surface area contributed by atoms with Gasteiger partial charge in [0.05, 0.1) is 17.8 Å². The van der Waals surface area contributed by atoms with Crippen LogP contribution in [-0.4, -0.2) is 40.2 Å². The first kappa shape index (κ1) is 25.5. The second-order valence-corrected chi connectivity index (χ2v) is 8.83. The quantitative estimate of drug-likeness (QED) is 0.285. The zero-order valence-electron chi connectivity index (χ0n) is 19.1. The van der Waals surface area contributed by atoms with Crippen LogP contribution < -0.4 is 15.4 Å². The van der Waals surface area contributed by atoms with Gasteiger partial charge in [-0.15, -0.1) is 0 Å². The molecule has 7 nitrogen and oxygen atoms in total. The van der Waals surface area contributed by atoms with Crippen molar-refractivity contribution in [1.29, 1.82) is 0 Å². The molecule has 0 radical (unpaired) electrons. The summed E-state index contributed by atoms with van der Waals surface area (Å²) in [4.78, 5) is 34.7. The van der Waals surface area contributed by atoms with Crippen molar-refractivity contribution in [3.05, 3.63) is 77.1 Å². The molecule has 3 rings (SSSR count). The van der Waals surface area contributed by atoms with E-state index in [1.54, 1.807) is 24.3 Å². The number of benzene rings is 2. The van der Waals surface area contributed by atoms with Gasteiger partial charge >= 0.3 is 0 Å². The van der Waals surface area contributed by atoms with Gasteiger partial charge in [-0.3, -0.25) is 9.59 Å². The summed E-state index contributed by atoms with van der Waals surface area (Å²) >= 11 is 7.66. The standard InChI is InChI=1S/C25H27ClN4O3S/c1-3-14-34-25-27-16-20(26)22(30-25)24(32)29-21(15-17-8-6-5-7-9-17)23(31)28-18-10-12-19(13-11-18)33-4-2/h5-13,16,21H,3-4,14-15H2,1-2H3,(H,28,31)(H,29,32)/t21-/m1/s1. The highest BCUT2D eigenvalue weighted by atomic mass is 35.5. The van der Waals surface area contributed by atoms with Gasteiger partial charge in [0, 0.05) is 17.9 Å². The Balaban J connectivity index is 1.78. The second-order valence-electron chi connectivity index (χ2n) is 7.36. The Morgan fingerprint density at radius 1 is 1.09 bits per heavy atom. The molecule has 0 saturated carbocycles. The number of hydrogen-bond acceptors (Lipinski definition) is 6. The Kier molecular flexibility index (Phi) is 9.73. The van der Waals surface area contributed by atoms with Crippen LogP contribution in [-0.2, 0) is 11.2 Å². The number of ether oxygens (including phenoxy) is 1. The Hall–Kier alpha value is -3.10. The molecule has 9 heteroatoms. The SMILES string of the molecule is CCCSc1ncc(Cl)c(C(=O)N[C@H](Cc2ccccc2)C(=O)Nc2ccc(OCC)cc2)n1. The van der Waals surface area contributed by atoms with Crippen LogP contribution in [0.4, 0.5) is 5.69 Å². The smallest absolute Gasteiger partial charge is 0.272 e. The molecule has 2 amide bonds. The van der Waals surface area contributed by atoms with Gasteiger partial charge in [0.25, 0.3) is 5.91 Å². The number of hydrogen-bond donors (Lipinski definition) is 2. The molecule has 0 spiro atoms. The number of halogens is 1. The van der Waals surface area contributed by atoms with Gasteiger partial charge in [0.15, 0.2) is 10.9 Å². The van der Waals surface area contributed by atoms with Gasteiger partial charge in [0.1, 0.15) is 11.8 Å². The van der Waals surface area contributed by atoms with Crippen molar-refractivity contribution in [3.8, 4) is 5.75 Å². The number of anilines is 1. The lowest BCUT2D eigenvalue weighted by molar-refractivity contribution is -0.118. The number of carbonyl (C=O) groups excluding carboxylic acids is 2. The lowest BCUT2D eigenvalue weighted by Crippen LogP contribution is -2.45. The zero-order valence-corrected chi connectivity index (χ0v) is 20.7. The number of thioether (sulfide) groups is 1. The molecule has 34 heavy (non-hydrogen) atoms. The van der Waals surface area contributed by atoms with Crippen molar-refractivity contribution in [2.24, 2.45) is 0 Å². The van der Waals surface area contributed by atoms with Gasteiger partial charge in [0.2, 0.25) is 5.91 Å². The van der Waals surface area contributed by atoms with Gasteiger partial charge in [-0.1, -0.05) is 60.6 Å². The first-order chi connectivity index (χ1) is 16.5. The maximum atomic E-state index is 13.2. The molecule has 178 valence electrons. The fourth-order valence-electron chi connectivity index (χ4n) is 3.09. The van der Waals surface area contributed by atoms with Crippen molar-refractivity contribution >= 4 is 40.9 Å². The summed E-state index contributed by atoms with van der Waals surface area (Å²) in [5, 5.41) is 6.26. The predicted octanol–water partition coefficient (Wildman–Crippen LogP) is 5.01. The van der Waals surface area contributed by atoms with Crippen LogP contribution in [0.1, 0.15) is 36.3 Å². The molecule has 0 aliphatic carbocycles. The fraction of sp³-hybridized carbons (Fsp3) is 0.280. The minimum absolute atomic E-state index is 0.0437. The number of rotatable bonds is 11. The summed E-state index contributed by atoms with van der Waals surface area (Å²) < 4.78 is 5.44. The average molecular weight is 499 g/mol. The predicted molar refractivity (Wildman–Crippen MR) is 136 cm³/mol. The molecule has 2 N–H and O–H groups in total. The third kappa shape index (κ3) is 7.46. The molecule has 1 atom stereocenters. The van der Waals surface area contributed by atoms with Crippen LogP contribution >= 0.6 is 23.4 Å². The first-order valence-corrected chi connectivity index (χ1v) is 12.4. The van der Waals surface area contributed by atoms with E-state index in [0.29, 0.717) is 29.6 Å². The highest BCUT2D eigenvalue weighted by molar-refractivity contribution is 7.99. The van der Waals surface area contributed by atoms with Crippen LogP contribution in [0, 0.1) is 0 Å². The molecule has 0 bridgehead atoms. The number of aromatic nitrogens is 2. The average Bonchev–Trinajstić information content (AvgIpc) is 2.85. The van der Waals surface area contributed by atoms with Gasteiger partial charge < -0.3 is 15.4 Å². The summed E-state index contributed by atoms with van der Waals surface area (Å²) in [5.41, 5.74) is 1.55. The number of nitrogens with zero attached hydrogens (tertiary/aromatic N) is 2. The van der Waals surface area contributed by atoms with Crippen molar-refractivity contribution in [1.82, 2.24) is 15.3 Å². The molecule has 0 fully saturated rings. The number of carbonyl (C=O) groups is 2. The third-order valence-corrected chi connectivity index (χ3v) is 6.05. The molecular weight excluding hydrogens is 472 g/mol. The van der Waals surface area contributed by atoms with Crippen LogP contribution in [0.15, 0.2) is 66.0 Å². The Bertz CT molecular complexity index is 1100. The lowest BCUT2D eigenvalue weighted by Gasteiger charge is -2.19. The molecular formula is C25H27ClN4O3S. The van der Waals surface area contributed by atoms with E-state index in [9.17, 15) is 9.59 Å². The summed E-state index contributed by atoms with van der Waals surface area (Å²) in [5.74, 6) is 0.648. The van der Waals surface area contributed by atoms with Gasteiger partial charge in [-0.05, 0) is 43.2 Å². The molecule has 1 aromatic heterocycles. The number of amides is 2. The normalized spacial score (nSPS) is 11.5. The maximum Gasteiger partial charge on any atom is 0.272 e. The van der Waals surface area contributed by atoms with Crippen LogP contribution in [0.5, 0.6) is 5.75 Å². The van der Waals surface area contributed by atoms with Crippen LogP contribution in [0.25, 0.3) is 0 Å². The third-order valence-electron chi connectivity index (χ3n) is 4.71. The van der Waals surface area contributed by atoms with E-state index in [2.05, 4.69) is 20.6 Å². The summed E-state index contributed by atoms with van der Waals surface area (Å²) in [6.45, 7) is 4.51. The Morgan fingerprint density at radius 2 is 1.82 bits per heavy atom. The van der Waals surface area contributed by atoms with Gasteiger partial charge in [-0.25, -0.2) is 9.97 Å². The molecule has 0 unspecified atom stereocenters. The van der Waals surface area contributed by atoms with E-state index in [-0.39, 0.29) is 16.6 Å². The summed E-state index contributed by atoms with van der Waals surface area (Å²) in [7, 11) is 0. The van der Waals surface area contributed by atoms with E-state index in [1.165, 1.54) is 18.0 Å². The highest BCUT2D eigenvalue weighted by Crippen LogP contribution is 2.20. The molecule has 2 aromatic carbocycles. The summed E-state index contributed by atoms with van der Waals surface area (Å²) in [6, 6.07) is 15.7. The molecule has 1 heterocycles. The Labute approximate surface area is 208 Å². The van der Waals surface area contributed by atoms with Crippen molar-refractivity contribution in [2.75, 3.05) is 17.7 Å². The molecule has 3 aromatic rings. The highest BCUT2D eigenvalue weighted by Gasteiger charge is 2.24. The first-order valence-electron chi connectivity index (χ1n) is 11.0. The van der Waals surface area contributed by atoms with Crippen molar-refractivity contribution in [3.63, 3.8) is 0 Å². The maximum absolute atomic E-state index is 13.2. The fourth-order valence-corrected chi connectivity index (χ4v) is 3.94.